The van der Waals surface area contributed by atoms with E-state index in [9.17, 15) is 19.2 Å². The van der Waals surface area contributed by atoms with Gasteiger partial charge in [-0.25, -0.2) is 4.79 Å². The minimum atomic E-state index is -0.624. The number of esters is 1. The number of aromatic amines is 1. The first-order chi connectivity index (χ1) is 13.6. The topological polar surface area (TPSA) is 109 Å². The highest BCUT2D eigenvalue weighted by Gasteiger charge is 2.24. The highest BCUT2D eigenvalue weighted by molar-refractivity contribution is 8.13. The van der Waals surface area contributed by atoms with Crippen LogP contribution in [0, 0.1) is 6.92 Å². The van der Waals surface area contributed by atoms with E-state index in [0.29, 0.717) is 21.8 Å². The van der Waals surface area contributed by atoms with Gasteiger partial charge in [-0.05, 0) is 36.4 Å². The largest absolute Gasteiger partial charge is 0.465 e. The minimum Gasteiger partial charge on any atom is -0.465 e. The maximum absolute atomic E-state index is 12.6. The van der Waals surface area contributed by atoms with Gasteiger partial charge in [0.15, 0.2) is 5.78 Å². The monoisotopic (exact) mass is 417 g/mol. The molecule has 0 bridgehead atoms. The van der Waals surface area contributed by atoms with Crippen LogP contribution in [0.25, 0.3) is 0 Å². The molecule has 1 heterocycles. The number of H-pyrrole nitrogens is 1. The fraction of sp³-hybridized carbons (Fsp3) is 0.300. The predicted octanol–water partition coefficient (Wildman–Crippen LogP) is 3.27. The molecule has 29 heavy (non-hydrogen) atoms. The number of thioether (sulfide) groups is 1. The zero-order chi connectivity index (χ0) is 21.7. The lowest BCUT2D eigenvalue weighted by Gasteiger charge is -2.13. The van der Waals surface area contributed by atoms with Gasteiger partial charge < -0.3 is 19.9 Å². The van der Waals surface area contributed by atoms with Crippen LogP contribution in [0.1, 0.15) is 39.0 Å². The Balaban J connectivity index is 2.27. The molecule has 0 aliphatic carbocycles. The number of amides is 2. The molecule has 2 aromatic rings. The number of ether oxygens (including phenoxy) is 1. The van der Waals surface area contributed by atoms with E-state index in [0.717, 1.165) is 11.8 Å². The lowest BCUT2D eigenvalue weighted by atomic mass is 10.1. The lowest BCUT2D eigenvalue weighted by Crippen LogP contribution is -2.19. The molecule has 2 rings (SSSR count). The van der Waals surface area contributed by atoms with Gasteiger partial charge in [0.05, 0.1) is 30.5 Å². The number of para-hydroxylation sites is 1. The number of nitrogens with zero attached hydrogens (tertiary/aromatic N) is 1. The van der Waals surface area contributed by atoms with Crippen LogP contribution in [-0.4, -0.2) is 54.0 Å². The van der Waals surface area contributed by atoms with Gasteiger partial charge in [0.2, 0.25) is 5.91 Å². The normalized spacial score (nSPS) is 10.4. The quantitative estimate of drug-likeness (QED) is 0.424. The number of hydrogen-bond acceptors (Lipinski definition) is 6. The van der Waals surface area contributed by atoms with Crippen LogP contribution in [0.3, 0.4) is 0 Å². The molecule has 0 aliphatic heterocycles. The van der Waals surface area contributed by atoms with Crippen molar-refractivity contribution in [1.29, 1.82) is 0 Å². The molecule has 0 aliphatic rings. The van der Waals surface area contributed by atoms with Crippen LogP contribution >= 0.6 is 11.8 Å². The van der Waals surface area contributed by atoms with Gasteiger partial charge in [-0.1, -0.05) is 12.1 Å². The number of Topliss-reactive ketones (excluding diaryl/α,β-unsaturated/α-hetero) is 1. The second-order valence-electron chi connectivity index (χ2n) is 6.51. The van der Waals surface area contributed by atoms with E-state index in [1.165, 1.54) is 18.9 Å². The molecule has 2 amide bonds. The Bertz CT molecular complexity index is 965. The average Bonchev–Trinajstić information content (AvgIpc) is 2.98. The number of carbonyl (C=O) groups is 4. The van der Waals surface area contributed by atoms with E-state index in [-0.39, 0.29) is 28.7 Å². The summed E-state index contributed by atoms with van der Waals surface area (Å²) < 4.78 is 4.79. The molecular formula is C20H23N3O5S. The number of hydrogen-bond donors (Lipinski definition) is 2. The Kier molecular flexibility index (Phi) is 7.22. The SMILES string of the molecule is COC(=O)c1c(CC(=O)Nc2ccccc2SC(=O)N(C)C)[nH]c(C(C)=O)c1C. The molecule has 1 aromatic carbocycles. The van der Waals surface area contributed by atoms with Crippen molar-refractivity contribution in [1.82, 2.24) is 9.88 Å². The van der Waals surface area contributed by atoms with Gasteiger partial charge >= 0.3 is 5.97 Å². The summed E-state index contributed by atoms with van der Waals surface area (Å²) in [6, 6.07) is 6.93. The van der Waals surface area contributed by atoms with Crippen molar-refractivity contribution >= 4 is 40.3 Å². The highest BCUT2D eigenvalue weighted by Crippen LogP contribution is 2.29. The van der Waals surface area contributed by atoms with Gasteiger partial charge in [-0.3, -0.25) is 14.4 Å². The van der Waals surface area contributed by atoms with E-state index >= 15 is 0 Å². The van der Waals surface area contributed by atoms with Gasteiger partial charge in [0, 0.05) is 31.6 Å². The van der Waals surface area contributed by atoms with E-state index in [2.05, 4.69) is 10.3 Å². The smallest absolute Gasteiger partial charge is 0.339 e. The number of nitrogens with one attached hydrogen (secondary N) is 2. The maximum atomic E-state index is 12.6. The van der Waals surface area contributed by atoms with Crippen molar-refractivity contribution in [3.05, 3.63) is 46.8 Å². The Morgan fingerprint density at radius 1 is 1.17 bits per heavy atom. The predicted molar refractivity (Wildman–Crippen MR) is 111 cm³/mol. The van der Waals surface area contributed by atoms with Crippen LogP contribution < -0.4 is 5.32 Å². The van der Waals surface area contributed by atoms with Gasteiger partial charge in [0.1, 0.15) is 0 Å². The number of ketones is 1. The number of aromatic nitrogens is 1. The molecule has 9 heteroatoms. The van der Waals surface area contributed by atoms with Crippen LogP contribution in [0.5, 0.6) is 0 Å². The third-order valence-corrected chi connectivity index (χ3v) is 5.25. The van der Waals surface area contributed by atoms with Crippen LogP contribution in [0.4, 0.5) is 10.5 Å². The van der Waals surface area contributed by atoms with E-state index < -0.39 is 11.9 Å². The summed E-state index contributed by atoms with van der Waals surface area (Å²) in [6.07, 6.45) is -0.167. The van der Waals surface area contributed by atoms with Crippen molar-refractivity contribution in [2.45, 2.75) is 25.2 Å². The number of rotatable bonds is 6. The maximum Gasteiger partial charge on any atom is 0.339 e. The first kappa shape index (κ1) is 22.2. The second-order valence-corrected chi connectivity index (χ2v) is 7.50. The Hall–Kier alpha value is -3.07. The first-order valence-electron chi connectivity index (χ1n) is 8.74. The molecule has 0 unspecified atom stereocenters. The standard InChI is InChI=1S/C20H23N3O5S/c1-11-17(19(26)28-5)14(22-18(11)12(2)24)10-16(25)21-13-8-6-7-9-15(13)29-20(27)23(3)4/h6-9,22H,10H2,1-5H3,(H,21,25). The molecular weight excluding hydrogens is 394 g/mol. The van der Waals surface area contributed by atoms with Crippen molar-refractivity contribution in [3.8, 4) is 0 Å². The number of methoxy groups -OCH3 is 1. The fourth-order valence-corrected chi connectivity index (χ4v) is 3.47. The molecule has 2 N–H and O–H groups in total. The number of anilines is 1. The van der Waals surface area contributed by atoms with E-state index in [4.69, 9.17) is 4.74 Å². The third-order valence-electron chi connectivity index (χ3n) is 4.13. The Labute approximate surface area is 173 Å². The van der Waals surface area contributed by atoms with E-state index in [1.54, 1.807) is 45.3 Å². The van der Waals surface area contributed by atoms with Crippen molar-refractivity contribution < 1.29 is 23.9 Å². The van der Waals surface area contributed by atoms with Gasteiger partial charge in [-0.15, -0.1) is 0 Å². The summed E-state index contributed by atoms with van der Waals surface area (Å²) in [4.78, 5) is 53.5. The zero-order valence-electron chi connectivity index (χ0n) is 16.9. The van der Waals surface area contributed by atoms with E-state index in [1.807, 2.05) is 0 Å². The van der Waals surface area contributed by atoms with Crippen molar-refractivity contribution in [2.75, 3.05) is 26.5 Å². The molecule has 0 atom stereocenters. The second kappa shape index (κ2) is 9.42. The summed E-state index contributed by atoms with van der Waals surface area (Å²) in [5.41, 5.74) is 1.66. The molecule has 0 saturated heterocycles. The highest BCUT2D eigenvalue weighted by atomic mass is 32.2. The molecule has 0 fully saturated rings. The molecule has 0 radical (unpaired) electrons. The molecule has 8 nitrogen and oxygen atoms in total. The minimum absolute atomic E-state index is 0.167. The van der Waals surface area contributed by atoms with Crippen LogP contribution in [0.15, 0.2) is 29.2 Å². The molecule has 154 valence electrons. The van der Waals surface area contributed by atoms with Crippen LogP contribution in [0.2, 0.25) is 0 Å². The summed E-state index contributed by atoms with van der Waals surface area (Å²) in [5.74, 6) is -1.28. The average molecular weight is 417 g/mol. The molecule has 0 saturated carbocycles. The summed E-state index contributed by atoms with van der Waals surface area (Å²) in [7, 11) is 4.53. The number of carbonyl (C=O) groups excluding carboxylic acids is 4. The fourth-order valence-electron chi connectivity index (χ4n) is 2.72. The summed E-state index contributed by atoms with van der Waals surface area (Å²) in [6.45, 7) is 3.00. The van der Waals surface area contributed by atoms with Gasteiger partial charge in [0.25, 0.3) is 5.24 Å². The summed E-state index contributed by atoms with van der Waals surface area (Å²) in [5, 5.41) is 2.58. The molecule has 0 spiro atoms. The first-order valence-corrected chi connectivity index (χ1v) is 9.56. The van der Waals surface area contributed by atoms with Crippen molar-refractivity contribution in [3.63, 3.8) is 0 Å². The Morgan fingerprint density at radius 3 is 2.41 bits per heavy atom. The number of benzene rings is 1. The van der Waals surface area contributed by atoms with Gasteiger partial charge in [-0.2, -0.15) is 0 Å². The van der Waals surface area contributed by atoms with Crippen molar-refractivity contribution in [2.24, 2.45) is 0 Å². The summed E-state index contributed by atoms with van der Waals surface area (Å²) >= 11 is 0.994. The van der Waals surface area contributed by atoms with Crippen LogP contribution in [-0.2, 0) is 16.0 Å². The molecule has 1 aromatic heterocycles. The third kappa shape index (κ3) is 5.26. The zero-order valence-corrected chi connectivity index (χ0v) is 17.7. The lowest BCUT2D eigenvalue weighted by molar-refractivity contribution is -0.115. The Morgan fingerprint density at radius 2 is 1.83 bits per heavy atom.